The summed E-state index contributed by atoms with van der Waals surface area (Å²) in [6.07, 6.45) is 4.98. The van der Waals surface area contributed by atoms with E-state index in [4.69, 9.17) is 13.4 Å². The second-order valence-corrected chi connectivity index (χ2v) is 4.34. The van der Waals surface area contributed by atoms with Crippen LogP contribution in [0.15, 0.2) is 50.2 Å². The van der Waals surface area contributed by atoms with Crippen molar-refractivity contribution in [2.45, 2.75) is 6.92 Å². The van der Waals surface area contributed by atoms with Gasteiger partial charge in [-0.15, -0.1) is 0 Å². The quantitative estimate of drug-likeness (QED) is 0.553. The van der Waals surface area contributed by atoms with Gasteiger partial charge in [-0.05, 0) is 25.1 Å². The number of fused-ring (bicyclic) bond motifs is 1. The van der Waals surface area contributed by atoms with E-state index >= 15 is 0 Å². The van der Waals surface area contributed by atoms with Gasteiger partial charge in [0.05, 0.1) is 11.8 Å². The van der Waals surface area contributed by atoms with E-state index in [9.17, 15) is 0 Å². The lowest BCUT2D eigenvalue weighted by Gasteiger charge is -1.87. The zero-order chi connectivity index (χ0) is 13.5. The molecule has 6 nitrogen and oxygen atoms in total. The fourth-order valence-corrected chi connectivity index (χ4v) is 2.04. The molecule has 0 N–H and O–H groups in total. The van der Waals surface area contributed by atoms with Crippen molar-refractivity contribution in [2.75, 3.05) is 0 Å². The van der Waals surface area contributed by atoms with Gasteiger partial charge in [0.1, 0.15) is 11.3 Å². The molecular weight excluding hydrogens is 258 g/mol. The minimum atomic E-state index is 0.330. The van der Waals surface area contributed by atoms with Crippen LogP contribution >= 0.6 is 0 Å². The molecule has 0 aromatic carbocycles. The minimum absolute atomic E-state index is 0.330. The molecule has 0 aliphatic rings. The summed E-state index contributed by atoms with van der Waals surface area (Å²) in [5, 5.41) is 4.83. The van der Waals surface area contributed by atoms with Crippen LogP contribution in [-0.4, -0.2) is 15.1 Å². The third-order valence-electron chi connectivity index (χ3n) is 3.05. The molecule has 6 heteroatoms. The Bertz CT molecular complexity index is 855. The Morgan fingerprint density at radius 2 is 2.15 bits per heavy atom. The molecule has 4 rings (SSSR count). The van der Waals surface area contributed by atoms with Crippen LogP contribution in [0.2, 0.25) is 0 Å². The van der Waals surface area contributed by atoms with Crippen molar-refractivity contribution >= 4 is 11.0 Å². The van der Waals surface area contributed by atoms with Crippen LogP contribution in [0, 0.1) is 6.92 Å². The highest BCUT2D eigenvalue weighted by Crippen LogP contribution is 2.28. The molecule has 0 atom stereocenters. The van der Waals surface area contributed by atoms with E-state index in [1.165, 1.54) is 0 Å². The van der Waals surface area contributed by atoms with Crippen molar-refractivity contribution in [1.29, 1.82) is 0 Å². The number of furan rings is 2. The van der Waals surface area contributed by atoms with Crippen molar-refractivity contribution in [3.63, 3.8) is 0 Å². The molecule has 0 saturated heterocycles. The van der Waals surface area contributed by atoms with E-state index in [0.717, 1.165) is 22.3 Å². The largest absolute Gasteiger partial charge is 0.469 e. The van der Waals surface area contributed by atoms with Crippen LogP contribution < -0.4 is 0 Å². The number of hydrogen-bond donors (Lipinski definition) is 0. The highest BCUT2D eigenvalue weighted by molar-refractivity contribution is 5.80. The van der Waals surface area contributed by atoms with Crippen molar-refractivity contribution in [3.8, 4) is 23.0 Å². The Kier molecular flexibility index (Phi) is 2.23. The monoisotopic (exact) mass is 267 g/mol. The van der Waals surface area contributed by atoms with Gasteiger partial charge in [-0.1, -0.05) is 5.16 Å². The fraction of sp³-hybridized carbons (Fsp3) is 0.0714. The first-order chi connectivity index (χ1) is 9.81. The molecular formula is C14H9N3O3. The predicted molar refractivity (Wildman–Crippen MR) is 69.7 cm³/mol. The molecule has 0 fully saturated rings. The van der Waals surface area contributed by atoms with Gasteiger partial charge in [0.25, 0.3) is 5.89 Å². The maximum Gasteiger partial charge on any atom is 0.293 e. The number of rotatable bonds is 2. The van der Waals surface area contributed by atoms with Gasteiger partial charge in [0, 0.05) is 17.8 Å². The van der Waals surface area contributed by atoms with Gasteiger partial charge in [0.15, 0.2) is 5.76 Å². The van der Waals surface area contributed by atoms with Crippen LogP contribution in [-0.2, 0) is 0 Å². The highest BCUT2D eigenvalue weighted by atomic mass is 16.5. The van der Waals surface area contributed by atoms with Crippen molar-refractivity contribution in [1.82, 2.24) is 15.1 Å². The standard InChI is InChI=1S/C14H9N3O3/c1-8-10(3-5-18-8)13-16-14(20-17-13)12-6-9-7-15-4-2-11(9)19-12/h2-7H,1H3. The molecule has 98 valence electrons. The van der Waals surface area contributed by atoms with E-state index < -0.39 is 0 Å². The first kappa shape index (κ1) is 11.0. The molecule has 0 bridgehead atoms. The van der Waals surface area contributed by atoms with Crippen LogP contribution in [0.4, 0.5) is 0 Å². The average molecular weight is 267 g/mol. The summed E-state index contributed by atoms with van der Waals surface area (Å²) in [6.45, 7) is 1.85. The van der Waals surface area contributed by atoms with Crippen molar-refractivity contribution in [3.05, 3.63) is 42.6 Å². The number of hydrogen-bond acceptors (Lipinski definition) is 6. The third-order valence-corrected chi connectivity index (χ3v) is 3.05. The molecule has 20 heavy (non-hydrogen) atoms. The Morgan fingerprint density at radius 3 is 2.95 bits per heavy atom. The molecule has 0 amide bonds. The molecule has 4 aromatic heterocycles. The maximum atomic E-state index is 5.66. The average Bonchev–Trinajstić information content (AvgIpc) is 3.15. The van der Waals surface area contributed by atoms with Gasteiger partial charge in [-0.25, -0.2) is 0 Å². The van der Waals surface area contributed by atoms with Crippen LogP contribution in [0.3, 0.4) is 0 Å². The fourth-order valence-electron chi connectivity index (χ4n) is 2.04. The summed E-state index contributed by atoms with van der Waals surface area (Å²) in [5.74, 6) is 2.07. The van der Waals surface area contributed by atoms with Crippen LogP contribution in [0.1, 0.15) is 5.76 Å². The van der Waals surface area contributed by atoms with Gasteiger partial charge >= 0.3 is 0 Å². The van der Waals surface area contributed by atoms with Gasteiger partial charge in [-0.3, -0.25) is 4.98 Å². The third kappa shape index (κ3) is 1.62. The van der Waals surface area contributed by atoms with E-state index in [1.807, 2.05) is 13.0 Å². The first-order valence-corrected chi connectivity index (χ1v) is 6.03. The molecule has 4 aromatic rings. The van der Waals surface area contributed by atoms with Gasteiger partial charge in [-0.2, -0.15) is 4.98 Å². The normalized spacial score (nSPS) is 11.2. The zero-order valence-electron chi connectivity index (χ0n) is 10.5. The van der Waals surface area contributed by atoms with E-state index in [0.29, 0.717) is 17.5 Å². The van der Waals surface area contributed by atoms with E-state index in [1.54, 1.807) is 30.8 Å². The molecule has 4 heterocycles. The molecule has 0 unspecified atom stereocenters. The van der Waals surface area contributed by atoms with Crippen molar-refractivity contribution < 1.29 is 13.4 Å². The van der Waals surface area contributed by atoms with Crippen molar-refractivity contribution in [2.24, 2.45) is 0 Å². The second kappa shape index (κ2) is 4.06. The lowest BCUT2D eigenvalue weighted by Crippen LogP contribution is -1.80. The Labute approximate surface area is 113 Å². The number of aromatic nitrogens is 3. The lowest BCUT2D eigenvalue weighted by molar-refractivity contribution is 0.419. The zero-order valence-corrected chi connectivity index (χ0v) is 10.5. The molecule has 0 spiro atoms. The summed E-state index contributed by atoms with van der Waals surface area (Å²) in [5.41, 5.74) is 1.53. The SMILES string of the molecule is Cc1occc1-c1noc(-c2cc3cnccc3o2)n1. The summed E-state index contributed by atoms with van der Waals surface area (Å²) < 4.78 is 16.1. The topological polar surface area (TPSA) is 78.1 Å². The molecule has 0 aliphatic carbocycles. The lowest BCUT2D eigenvalue weighted by atomic mass is 10.2. The maximum absolute atomic E-state index is 5.66. The van der Waals surface area contributed by atoms with Gasteiger partial charge < -0.3 is 13.4 Å². The Morgan fingerprint density at radius 1 is 1.20 bits per heavy atom. The Balaban J connectivity index is 1.80. The summed E-state index contributed by atoms with van der Waals surface area (Å²) in [7, 11) is 0. The second-order valence-electron chi connectivity index (χ2n) is 4.34. The Hall–Kier alpha value is -2.89. The molecule has 0 saturated carbocycles. The molecule has 0 aliphatic heterocycles. The summed E-state index contributed by atoms with van der Waals surface area (Å²) >= 11 is 0. The highest BCUT2D eigenvalue weighted by Gasteiger charge is 2.16. The van der Waals surface area contributed by atoms with Crippen LogP contribution in [0.25, 0.3) is 34.0 Å². The first-order valence-electron chi connectivity index (χ1n) is 6.03. The minimum Gasteiger partial charge on any atom is -0.469 e. The van der Waals surface area contributed by atoms with E-state index in [-0.39, 0.29) is 0 Å². The summed E-state index contributed by atoms with van der Waals surface area (Å²) in [6, 6.07) is 5.41. The number of pyridine rings is 1. The summed E-state index contributed by atoms with van der Waals surface area (Å²) in [4.78, 5) is 8.37. The van der Waals surface area contributed by atoms with Crippen LogP contribution in [0.5, 0.6) is 0 Å². The van der Waals surface area contributed by atoms with E-state index in [2.05, 4.69) is 15.1 Å². The number of nitrogens with zero attached hydrogens (tertiary/aromatic N) is 3. The smallest absolute Gasteiger partial charge is 0.293 e. The van der Waals surface area contributed by atoms with Gasteiger partial charge in [0.2, 0.25) is 5.82 Å². The number of aryl methyl sites for hydroxylation is 1. The predicted octanol–water partition coefficient (Wildman–Crippen LogP) is 3.45. The molecule has 0 radical (unpaired) electrons.